The Morgan fingerprint density at radius 3 is 2.33 bits per heavy atom. The molecular formula is C13H29IN4. The highest BCUT2D eigenvalue weighted by atomic mass is 127. The summed E-state index contributed by atoms with van der Waals surface area (Å²) in [5, 5.41) is 0. The van der Waals surface area contributed by atoms with E-state index in [0.717, 1.165) is 26.2 Å². The first-order valence-electron chi connectivity index (χ1n) is 6.94. The fraction of sp³-hybridized carbons (Fsp3) is 0.923. The van der Waals surface area contributed by atoms with E-state index >= 15 is 0 Å². The summed E-state index contributed by atoms with van der Waals surface area (Å²) in [6.45, 7) is 12.9. The SMILES string of the molecule is CCN(CC)C(N)=NCC(C)CN1CCCC1.I. The number of hydrogen-bond donors (Lipinski definition) is 1. The number of hydrogen-bond acceptors (Lipinski definition) is 2. The number of rotatable bonds is 6. The lowest BCUT2D eigenvalue weighted by Gasteiger charge is -2.21. The first-order valence-corrected chi connectivity index (χ1v) is 6.94. The van der Waals surface area contributed by atoms with Gasteiger partial charge in [-0.2, -0.15) is 0 Å². The monoisotopic (exact) mass is 368 g/mol. The lowest BCUT2D eigenvalue weighted by Crippen LogP contribution is -2.37. The lowest BCUT2D eigenvalue weighted by atomic mass is 10.2. The molecule has 1 aliphatic rings. The third-order valence-electron chi connectivity index (χ3n) is 3.42. The van der Waals surface area contributed by atoms with Gasteiger partial charge in [0.2, 0.25) is 0 Å². The normalized spacial score (nSPS) is 18.5. The topological polar surface area (TPSA) is 44.9 Å². The Balaban J connectivity index is 0.00000289. The Morgan fingerprint density at radius 2 is 1.83 bits per heavy atom. The van der Waals surface area contributed by atoms with Gasteiger partial charge in [0.25, 0.3) is 0 Å². The predicted octanol–water partition coefficient (Wildman–Crippen LogP) is 1.99. The van der Waals surface area contributed by atoms with Crippen molar-refractivity contribution in [2.75, 3.05) is 39.3 Å². The molecule has 0 aromatic heterocycles. The van der Waals surface area contributed by atoms with E-state index in [2.05, 4.69) is 35.6 Å². The van der Waals surface area contributed by atoms with Crippen LogP contribution in [-0.4, -0.2) is 55.0 Å². The van der Waals surface area contributed by atoms with Gasteiger partial charge in [-0.3, -0.25) is 4.99 Å². The summed E-state index contributed by atoms with van der Waals surface area (Å²) in [5.41, 5.74) is 5.96. The third-order valence-corrected chi connectivity index (χ3v) is 3.42. The number of nitrogens with two attached hydrogens (primary N) is 1. The first kappa shape index (κ1) is 18.0. The zero-order valence-corrected chi connectivity index (χ0v) is 14.4. The summed E-state index contributed by atoms with van der Waals surface area (Å²) in [6, 6.07) is 0. The molecule has 1 aliphatic heterocycles. The molecule has 1 unspecified atom stereocenters. The minimum atomic E-state index is 0. The van der Waals surface area contributed by atoms with Crippen molar-refractivity contribution in [3.63, 3.8) is 0 Å². The average molecular weight is 368 g/mol. The van der Waals surface area contributed by atoms with Gasteiger partial charge >= 0.3 is 0 Å². The van der Waals surface area contributed by atoms with Crippen LogP contribution < -0.4 is 5.73 Å². The van der Waals surface area contributed by atoms with Crippen molar-refractivity contribution >= 4 is 29.9 Å². The maximum absolute atomic E-state index is 5.96. The van der Waals surface area contributed by atoms with E-state index in [0.29, 0.717) is 11.9 Å². The van der Waals surface area contributed by atoms with E-state index in [4.69, 9.17) is 5.73 Å². The molecule has 0 aliphatic carbocycles. The van der Waals surface area contributed by atoms with Gasteiger partial charge in [0.05, 0.1) is 0 Å². The second-order valence-electron chi connectivity index (χ2n) is 4.98. The van der Waals surface area contributed by atoms with Crippen molar-refractivity contribution in [3.05, 3.63) is 0 Å². The summed E-state index contributed by atoms with van der Waals surface area (Å²) in [7, 11) is 0. The van der Waals surface area contributed by atoms with Crippen LogP contribution in [0.15, 0.2) is 4.99 Å². The molecular weight excluding hydrogens is 339 g/mol. The van der Waals surface area contributed by atoms with Crippen molar-refractivity contribution in [2.45, 2.75) is 33.6 Å². The minimum absolute atomic E-state index is 0. The van der Waals surface area contributed by atoms with Crippen LogP contribution in [0.25, 0.3) is 0 Å². The first-order chi connectivity index (χ1) is 8.17. The molecule has 1 atom stereocenters. The molecule has 0 aromatic carbocycles. The summed E-state index contributed by atoms with van der Waals surface area (Å²) in [4.78, 5) is 9.14. The molecule has 2 N–H and O–H groups in total. The van der Waals surface area contributed by atoms with Crippen LogP contribution in [0.2, 0.25) is 0 Å². The van der Waals surface area contributed by atoms with E-state index in [-0.39, 0.29) is 24.0 Å². The number of guanidine groups is 1. The molecule has 1 heterocycles. The molecule has 0 radical (unpaired) electrons. The summed E-state index contributed by atoms with van der Waals surface area (Å²) in [5.74, 6) is 1.30. The molecule has 0 aromatic rings. The van der Waals surface area contributed by atoms with Crippen molar-refractivity contribution < 1.29 is 0 Å². The molecule has 1 saturated heterocycles. The minimum Gasteiger partial charge on any atom is -0.370 e. The van der Waals surface area contributed by atoms with Crippen molar-refractivity contribution in [3.8, 4) is 0 Å². The van der Waals surface area contributed by atoms with Crippen molar-refractivity contribution in [2.24, 2.45) is 16.6 Å². The summed E-state index contributed by atoms with van der Waals surface area (Å²) >= 11 is 0. The number of aliphatic imine (C=N–C) groups is 1. The van der Waals surface area contributed by atoms with Crippen LogP contribution in [-0.2, 0) is 0 Å². The Morgan fingerprint density at radius 1 is 1.28 bits per heavy atom. The van der Waals surface area contributed by atoms with Crippen LogP contribution in [0.4, 0.5) is 0 Å². The van der Waals surface area contributed by atoms with Gasteiger partial charge in [-0.25, -0.2) is 0 Å². The molecule has 4 nitrogen and oxygen atoms in total. The highest BCUT2D eigenvalue weighted by molar-refractivity contribution is 14.0. The molecule has 5 heteroatoms. The van der Waals surface area contributed by atoms with E-state index in [1.807, 2.05) is 0 Å². The lowest BCUT2D eigenvalue weighted by molar-refractivity contribution is 0.291. The molecule has 108 valence electrons. The molecule has 0 amide bonds. The summed E-state index contributed by atoms with van der Waals surface area (Å²) in [6.07, 6.45) is 2.72. The van der Waals surface area contributed by atoms with Crippen molar-refractivity contribution in [1.82, 2.24) is 9.80 Å². The Hall–Kier alpha value is -0.0400. The quantitative estimate of drug-likeness (QED) is 0.443. The molecule has 1 rings (SSSR count). The zero-order valence-electron chi connectivity index (χ0n) is 12.1. The second-order valence-corrected chi connectivity index (χ2v) is 4.98. The third kappa shape index (κ3) is 6.22. The van der Waals surface area contributed by atoms with Gasteiger partial charge in [-0.15, -0.1) is 24.0 Å². The molecule has 18 heavy (non-hydrogen) atoms. The number of halogens is 1. The fourth-order valence-electron chi connectivity index (χ4n) is 2.36. The van der Waals surface area contributed by atoms with Crippen LogP contribution in [0.3, 0.4) is 0 Å². The maximum Gasteiger partial charge on any atom is 0.191 e. The number of likely N-dealkylation sites (tertiary alicyclic amines) is 1. The molecule has 0 bridgehead atoms. The second kappa shape index (κ2) is 9.83. The van der Waals surface area contributed by atoms with Gasteiger partial charge in [-0.1, -0.05) is 6.92 Å². The summed E-state index contributed by atoms with van der Waals surface area (Å²) < 4.78 is 0. The van der Waals surface area contributed by atoms with Crippen LogP contribution in [0, 0.1) is 5.92 Å². The largest absolute Gasteiger partial charge is 0.370 e. The van der Waals surface area contributed by atoms with Crippen LogP contribution >= 0.6 is 24.0 Å². The standard InChI is InChI=1S/C13H28N4.HI/c1-4-17(5-2)13(14)15-10-12(3)11-16-8-6-7-9-16;/h12H,4-11H2,1-3H3,(H2,14,15);1H. The van der Waals surface area contributed by atoms with Crippen LogP contribution in [0.5, 0.6) is 0 Å². The fourth-order valence-corrected chi connectivity index (χ4v) is 2.36. The van der Waals surface area contributed by atoms with E-state index < -0.39 is 0 Å². The molecule has 1 fully saturated rings. The van der Waals surface area contributed by atoms with E-state index in [1.165, 1.54) is 25.9 Å². The zero-order chi connectivity index (χ0) is 12.7. The van der Waals surface area contributed by atoms with Gasteiger partial charge in [0.15, 0.2) is 5.96 Å². The van der Waals surface area contributed by atoms with Gasteiger partial charge < -0.3 is 15.5 Å². The Labute approximate surface area is 129 Å². The maximum atomic E-state index is 5.96. The average Bonchev–Trinajstić information content (AvgIpc) is 2.81. The van der Waals surface area contributed by atoms with Crippen molar-refractivity contribution in [1.29, 1.82) is 0 Å². The van der Waals surface area contributed by atoms with Gasteiger partial charge in [-0.05, 0) is 45.7 Å². The highest BCUT2D eigenvalue weighted by Crippen LogP contribution is 2.10. The molecule has 0 saturated carbocycles. The molecule has 0 spiro atoms. The highest BCUT2D eigenvalue weighted by Gasteiger charge is 2.14. The Bertz CT molecular complexity index is 235. The van der Waals surface area contributed by atoms with Crippen LogP contribution in [0.1, 0.15) is 33.6 Å². The Kier molecular flexibility index (Phi) is 9.81. The van der Waals surface area contributed by atoms with E-state index in [9.17, 15) is 0 Å². The van der Waals surface area contributed by atoms with E-state index in [1.54, 1.807) is 0 Å². The predicted molar refractivity (Wildman–Crippen MR) is 89.7 cm³/mol. The number of nitrogens with zero attached hydrogens (tertiary/aromatic N) is 3. The smallest absolute Gasteiger partial charge is 0.191 e. The van der Waals surface area contributed by atoms with Gasteiger partial charge in [0, 0.05) is 26.2 Å². The van der Waals surface area contributed by atoms with Gasteiger partial charge in [0.1, 0.15) is 0 Å².